The van der Waals surface area contributed by atoms with Crippen molar-refractivity contribution >= 4 is 17.9 Å². The molecular formula is C61H111NO8. The van der Waals surface area contributed by atoms with Crippen LogP contribution in [-0.2, 0) is 38.1 Å². The molecule has 0 aromatic heterocycles. The second-order valence-electron chi connectivity index (χ2n) is 22.3. The summed E-state index contributed by atoms with van der Waals surface area (Å²) in [6, 6.07) is 0. The van der Waals surface area contributed by atoms with Gasteiger partial charge in [-0.05, 0) is 122 Å². The maximum absolute atomic E-state index is 13.7. The van der Waals surface area contributed by atoms with Crippen LogP contribution in [0.1, 0.15) is 267 Å². The quantitative estimate of drug-likeness (QED) is 0.0194. The van der Waals surface area contributed by atoms with Crippen LogP contribution in [0.5, 0.6) is 0 Å². The first-order chi connectivity index (χ1) is 34.0. The summed E-state index contributed by atoms with van der Waals surface area (Å²) >= 11 is 0. The van der Waals surface area contributed by atoms with Crippen LogP contribution in [0.2, 0.25) is 0 Å². The number of ether oxygens (including phenoxy) is 5. The Balaban J connectivity index is 2.02. The van der Waals surface area contributed by atoms with Gasteiger partial charge in [-0.15, -0.1) is 0 Å². The summed E-state index contributed by atoms with van der Waals surface area (Å²) in [5.41, 5.74) is -0.724. The van der Waals surface area contributed by atoms with Crippen molar-refractivity contribution in [2.75, 3.05) is 52.7 Å². The van der Waals surface area contributed by atoms with Gasteiger partial charge in [0, 0.05) is 48.7 Å². The maximum atomic E-state index is 13.7. The van der Waals surface area contributed by atoms with E-state index in [1.165, 1.54) is 89.9 Å². The summed E-state index contributed by atoms with van der Waals surface area (Å²) < 4.78 is 31.1. The lowest BCUT2D eigenvalue weighted by Gasteiger charge is -2.57. The number of nitrogens with zero attached hydrogens (tertiary/aromatic N) is 1. The third kappa shape index (κ3) is 30.1. The van der Waals surface area contributed by atoms with Gasteiger partial charge in [0.15, 0.2) is 6.29 Å². The molecule has 4 unspecified atom stereocenters. The molecule has 2 fully saturated rings. The first-order valence-electron chi connectivity index (χ1n) is 29.7. The van der Waals surface area contributed by atoms with Gasteiger partial charge in [-0.25, -0.2) is 0 Å². The van der Waals surface area contributed by atoms with Crippen molar-refractivity contribution in [1.82, 2.24) is 4.90 Å². The van der Waals surface area contributed by atoms with Crippen LogP contribution in [0.25, 0.3) is 0 Å². The third-order valence-electron chi connectivity index (χ3n) is 15.5. The lowest BCUT2D eigenvalue weighted by molar-refractivity contribution is -0.174. The summed E-state index contributed by atoms with van der Waals surface area (Å²) in [5.74, 6) is -0.0937. The van der Waals surface area contributed by atoms with Crippen molar-refractivity contribution in [2.45, 2.75) is 273 Å². The van der Waals surface area contributed by atoms with Crippen molar-refractivity contribution in [1.29, 1.82) is 0 Å². The van der Waals surface area contributed by atoms with Gasteiger partial charge in [0.05, 0.1) is 26.2 Å². The molecule has 0 saturated heterocycles. The Labute approximate surface area is 431 Å². The lowest BCUT2D eigenvalue weighted by atomic mass is 9.48. The number of allylic oxidation sites excluding steroid dienone is 4. The minimum absolute atomic E-state index is 0.106. The highest BCUT2D eigenvalue weighted by Gasteiger charge is 2.56. The topological polar surface area (TPSA) is 101 Å². The van der Waals surface area contributed by atoms with E-state index in [4.69, 9.17) is 23.7 Å². The van der Waals surface area contributed by atoms with Gasteiger partial charge < -0.3 is 28.6 Å². The highest BCUT2D eigenvalue weighted by Crippen LogP contribution is 2.61. The van der Waals surface area contributed by atoms with E-state index in [1.54, 1.807) is 0 Å². The van der Waals surface area contributed by atoms with Crippen LogP contribution in [-0.4, -0.2) is 81.8 Å². The molecule has 0 aromatic carbocycles. The molecule has 2 rings (SSSR count). The highest BCUT2D eigenvalue weighted by molar-refractivity contribution is 5.70. The molecule has 0 spiro atoms. The van der Waals surface area contributed by atoms with E-state index in [0.717, 1.165) is 122 Å². The van der Waals surface area contributed by atoms with E-state index in [9.17, 15) is 14.4 Å². The molecule has 2 aliphatic carbocycles. The number of rotatable bonds is 46. The molecular weight excluding hydrogens is 875 g/mol. The van der Waals surface area contributed by atoms with Crippen molar-refractivity contribution in [3.8, 4) is 0 Å². The maximum Gasteiger partial charge on any atom is 0.305 e. The molecule has 4 atom stereocenters. The summed E-state index contributed by atoms with van der Waals surface area (Å²) in [5, 5.41) is 0. The van der Waals surface area contributed by atoms with E-state index in [-0.39, 0.29) is 40.6 Å². The van der Waals surface area contributed by atoms with Crippen LogP contribution in [0.3, 0.4) is 0 Å². The van der Waals surface area contributed by atoms with E-state index < -0.39 is 6.29 Å². The minimum atomic E-state index is -0.414. The smallest absolute Gasteiger partial charge is 0.305 e. The van der Waals surface area contributed by atoms with Crippen LogP contribution in [0.15, 0.2) is 24.3 Å². The molecule has 0 amide bonds. The third-order valence-corrected chi connectivity index (χ3v) is 15.5. The molecule has 2 saturated carbocycles. The largest absolute Gasteiger partial charge is 0.465 e. The fourth-order valence-corrected chi connectivity index (χ4v) is 11.6. The Morgan fingerprint density at radius 2 is 1.03 bits per heavy atom. The number of carbonyl (C=O) groups excluding carboxylic acids is 3. The van der Waals surface area contributed by atoms with Gasteiger partial charge in [-0.1, -0.05) is 169 Å². The molecule has 70 heavy (non-hydrogen) atoms. The number of carbonyl (C=O) groups is 3. The molecule has 0 radical (unpaired) electrons. The Bertz CT molecular complexity index is 1360. The molecule has 9 nitrogen and oxygen atoms in total. The van der Waals surface area contributed by atoms with E-state index in [1.807, 2.05) is 0 Å². The SMILES string of the molecule is CCCCC/C=C\C/C=C\CCCCCCCC(=O)OCC1(C)CC2CC(CC)(COC(=O)CCCN(CC)CC)CC(COC(=O)CCC(OCCCCCCCC)OCCCCCCCC)(C2)C1. The molecule has 408 valence electrons. The number of esters is 3. The average Bonchev–Trinajstić information content (AvgIpc) is 3.35. The van der Waals surface area contributed by atoms with Gasteiger partial charge in [0.2, 0.25) is 0 Å². The Morgan fingerprint density at radius 3 is 1.63 bits per heavy atom. The predicted molar refractivity (Wildman–Crippen MR) is 291 cm³/mol. The van der Waals surface area contributed by atoms with Crippen LogP contribution >= 0.6 is 0 Å². The highest BCUT2D eigenvalue weighted by atomic mass is 16.7. The predicted octanol–water partition coefficient (Wildman–Crippen LogP) is 16.4. The van der Waals surface area contributed by atoms with Gasteiger partial charge >= 0.3 is 17.9 Å². The average molecular weight is 987 g/mol. The van der Waals surface area contributed by atoms with Crippen molar-refractivity contribution in [2.24, 2.45) is 22.2 Å². The molecule has 9 heteroatoms. The molecule has 0 aromatic rings. The zero-order valence-corrected chi connectivity index (χ0v) is 46.9. The zero-order valence-electron chi connectivity index (χ0n) is 46.9. The first kappa shape index (κ1) is 63.9. The van der Waals surface area contributed by atoms with Crippen LogP contribution < -0.4 is 0 Å². The molecule has 0 heterocycles. The van der Waals surface area contributed by atoms with Gasteiger partial charge in [-0.3, -0.25) is 14.4 Å². The first-order valence-corrected chi connectivity index (χ1v) is 29.7. The second-order valence-corrected chi connectivity index (χ2v) is 22.3. The van der Waals surface area contributed by atoms with Crippen LogP contribution in [0.4, 0.5) is 0 Å². The fourth-order valence-electron chi connectivity index (χ4n) is 11.6. The van der Waals surface area contributed by atoms with E-state index in [0.29, 0.717) is 58.2 Å². The zero-order chi connectivity index (χ0) is 51.0. The summed E-state index contributed by atoms with van der Waals surface area (Å²) in [6.45, 7) is 20.8. The Kier molecular flexibility index (Phi) is 36.7. The van der Waals surface area contributed by atoms with Crippen molar-refractivity contribution in [3.63, 3.8) is 0 Å². The van der Waals surface area contributed by atoms with Gasteiger partial charge in [-0.2, -0.15) is 0 Å². The van der Waals surface area contributed by atoms with Crippen LogP contribution in [0, 0.1) is 22.2 Å². The lowest BCUT2D eigenvalue weighted by Crippen LogP contribution is -2.52. The summed E-state index contributed by atoms with van der Waals surface area (Å²) in [6.07, 6.45) is 43.5. The van der Waals surface area contributed by atoms with Crippen molar-refractivity contribution in [3.05, 3.63) is 24.3 Å². The fraction of sp³-hybridized carbons (Fsp3) is 0.885. The number of hydrogen-bond donors (Lipinski definition) is 0. The second kappa shape index (κ2) is 40.2. The number of fused-ring (bicyclic) bond motifs is 2. The minimum Gasteiger partial charge on any atom is -0.465 e. The van der Waals surface area contributed by atoms with Gasteiger partial charge in [0.25, 0.3) is 0 Å². The van der Waals surface area contributed by atoms with E-state index in [2.05, 4.69) is 77.7 Å². The normalized spacial score (nSPS) is 21.4. The number of hydrogen-bond acceptors (Lipinski definition) is 9. The number of unbranched alkanes of at least 4 members (excludes halogenated alkanes) is 18. The monoisotopic (exact) mass is 986 g/mol. The Hall–Kier alpha value is -2.23. The van der Waals surface area contributed by atoms with E-state index >= 15 is 0 Å². The van der Waals surface area contributed by atoms with Crippen molar-refractivity contribution < 1.29 is 38.1 Å². The Morgan fingerprint density at radius 1 is 0.529 bits per heavy atom. The van der Waals surface area contributed by atoms with Gasteiger partial charge in [0.1, 0.15) is 0 Å². The molecule has 2 bridgehead atoms. The summed E-state index contributed by atoms with van der Waals surface area (Å²) in [4.78, 5) is 42.4. The standard InChI is InChI=1S/C61H111NO8/c1-8-14-17-20-23-24-25-26-27-28-29-30-31-32-35-39-55(63)68-51-59(7)46-54-47-60(11-4,52-69-56(64)40-38-43-62(12-5)13-6)50-61(48-54,49-59)53-70-57(65)41-42-58(66-44-36-33-21-18-15-9-2)67-45-37-34-22-19-16-10-3/h23-24,26-27,54,58H,8-22,25,28-53H2,1-7H3/b24-23-,27-26-. The molecule has 0 aliphatic heterocycles. The molecule has 0 N–H and O–H groups in total. The summed E-state index contributed by atoms with van der Waals surface area (Å²) in [7, 11) is 0. The molecule has 2 aliphatic rings.